The number of rotatable bonds is 5. The van der Waals surface area contributed by atoms with Gasteiger partial charge < -0.3 is 15.0 Å². The van der Waals surface area contributed by atoms with Gasteiger partial charge in [-0.25, -0.2) is 0 Å². The molecular formula is C21H20N2O3. The summed E-state index contributed by atoms with van der Waals surface area (Å²) in [5, 5.41) is 12.1. The fourth-order valence-corrected chi connectivity index (χ4v) is 3.83. The summed E-state index contributed by atoms with van der Waals surface area (Å²) < 4.78 is 0. The summed E-state index contributed by atoms with van der Waals surface area (Å²) in [6.45, 7) is 1.83. The standard InChI is InChI=1S/C21H20N2O3/c1-14(24)12-21(26)17-7-3-5-9-19(17)23(20(21)25)11-10-15-13-22-18-8-4-2-6-16(15)18/h2-9,13,22,26H,10-12H2,1H3/t21-/m1/s1. The molecule has 0 bridgehead atoms. The van der Waals surface area contributed by atoms with E-state index in [2.05, 4.69) is 4.98 Å². The van der Waals surface area contributed by atoms with Crippen molar-refractivity contribution in [1.82, 2.24) is 4.98 Å². The highest BCUT2D eigenvalue weighted by Crippen LogP contribution is 2.42. The Balaban J connectivity index is 1.64. The van der Waals surface area contributed by atoms with E-state index in [1.165, 1.54) is 6.92 Å². The van der Waals surface area contributed by atoms with Gasteiger partial charge in [-0.2, -0.15) is 0 Å². The molecule has 1 amide bonds. The van der Waals surface area contributed by atoms with Crippen LogP contribution in [0, 0.1) is 0 Å². The minimum absolute atomic E-state index is 0.202. The molecule has 2 N–H and O–H groups in total. The number of nitrogens with zero attached hydrogens (tertiary/aromatic N) is 1. The Hall–Kier alpha value is -2.92. The van der Waals surface area contributed by atoms with Crippen LogP contribution in [-0.2, 0) is 21.6 Å². The molecular weight excluding hydrogens is 328 g/mol. The molecule has 2 heterocycles. The fraction of sp³-hybridized carbons (Fsp3) is 0.238. The van der Waals surface area contributed by atoms with Gasteiger partial charge in [-0.1, -0.05) is 36.4 Å². The lowest BCUT2D eigenvalue weighted by atomic mass is 9.90. The molecule has 0 saturated heterocycles. The Bertz CT molecular complexity index is 1010. The lowest BCUT2D eigenvalue weighted by Crippen LogP contribution is -2.42. The highest BCUT2D eigenvalue weighted by Gasteiger charge is 2.49. The monoisotopic (exact) mass is 348 g/mol. The second-order valence-corrected chi connectivity index (χ2v) is 6.82. The van der Waals surface area contributed by atoms with E-state index in [4.69, 9.17) is 0 Å². The Morgan fingerprint density at radius 2 is 1.88 bits per heavy atom. The van der Waals surface area contributed by atoms with Gasteiger partial charge in [0.05, 0.1) is 5.69 Å². The molecule has 0 aliphatic carbocycles. The summed E-state index contributed by atoms with van der Waals surface area (Å²) in [6, 6.07) is 15.2. The highest BCUT2D eigenvalue weighted by atomic mass is 16.3. The quantitative estimate of drug-likeness (QED) is 0.744. The van der Waals surface area contributed by atoms with Crippen LogP contribution in [0.5, 0.6) is 0 Å². The first-order chi connectivity index (χ1) is 12.5. The van der Waals surface area contributed by atoms with E-state index >= 15 is 0 Å². The van der Waals surface area contributed by atoms with Crippen molar-refractivity contribution < 1.29 is 14.7 Å². The van der Waals surface area contributed by atoms with Crippen molar-refractivity contribution in [1.29, 1.82) is 0 Å². The zero-order chi connectivity index (χ0) is 18.3. The maximum absolute atomic E-state index is 13.0. The predicted octanol–water partition coefficient (Wildman–Crippen LogP) is 2.92. The van der Waals surface area contributed by atoms with Crippen LogP contribution in [0.2, 0.25) is 0 Å². The average molecular weight is 348 g/mol. The second-order valence-electron chi connectivity index (χ2n) is 6.82. The zero-order valence-electron chi connectivity index (χ0n) is 14.5. The molecule has 1 aromatic heterocycles. The van der Waals surface area contributed by atoms with Gasteiger partial charge in [-0.3, -0.25) is 9.59 Å². The fourth-order valence-electron chi connectivity index (χ4n) is 3.83. The SMILES string of the molecule is CC(=O)C[C@]1(O)C(=O)N(CCc2c[nH]c3ccccc23)c2ccccc21. The van der Waals surface area contributed by atoms with Crippen molar-refractivity contribution in [3.8, 4) is 0 Å². The molecule has 132 valence electrons. The van der Waals surface area contributed by atoms with Crippen LogP contribution in [0.25, 0.3) is 10.9 Å². The Labute approximate surface area is 151 Å². The number of aliphatic hydroxyl groups is 1. The summed E-state index contributed by atoms with van der Waals surface area (Å²) in [5.41, 5.74) is 1.61. The van der Waals surface area contributed by atoms with Gasteiger partial charge >= 0.3 is 0 Å². The van der Waals surface area contributed by atoms with Gasteiger partial charge in [0.25, 0.3) is 5.91 Å². The topological polar surface area (TPSA) is 73.4 Å². The first-order valence-electron chi connectivity index (χ1n) is 8.69. The average Bonchev–Trinajstić information content (AvgIpc) is 3.12. The number of hydrogen-bond acceptors (Lipinski definition) is 3. The van der Waals surface area contributed by atoms with E-state index < -0.39 is 11.5 Å². The van der Waals surface area contributed by atoms with Crippen molar-refractivity contribution in [3.05, 3.63) is 65.9 Å². The van der Waals surface area contributed by atoms with Crippen LogP contribution in [0.1, 0.15) is 24.5 Å². The number of amides is 1. The molecule has 1 atom stereocenters. The van der Waals surface area contributed by atoms with E-state index in [-0.39, 0.29) is 12.2 Å². The summed E-state index contributed by atoms with van der Waals surface area (Å²) in [4.78, 5) is 29.4. The molecule has 2 aromatic carbocycles. The van der Waals surface area contributed by atoms with Gasteiger partial charge in [-0.15, -0.1) is 0 Å². The van der Waals surface area contributed by atoms with Gasteiger partial charge in [0.2, 0.25) is 0 Å². The maximum Gasteiger partial charge on any atom is 0.264 e. The van der Waals surface area contributed by atoms with Crippen molar-refractivity contribution in [2.45, 2.75) is 25.4 Å². The number of para-hydroxylation sites is 2. The molecule has 0 saturated carbocycles. The third-order valence-electron chi connectivity index (χ3n) is 5.02. The largest absolute Gasteiger partial charge is 0.375 e. The number of H-pyrrole nitrogens is 1. The minimum atomic E-state index is -1.76. The summed E-state index contributed by atoms with van der Waals surface area (Å²) in [5.74, 6) is -0.636. The van der Waals surface area contributed by atoms with Crippen LogP contribution in [0.4, 0.5) is 5.69 Å². The first-order valence-corrected chi connectivity index (χ1v) is 8.69. The van der Waals surface area contributed by atoms with Gasteiger partial charge in [0.1, 0.15) is 5.78 Å². The number of aromatic amines is 1. The number of aromatic nitrogens is 1. The summed E-state index contributed by atoms with van der Waals surface area (Å²) >= 11 is 0. The molecule has 0 unspecified atom stereocenters. The van der Waals surface area contributed by atoms with Gasteiger partial charge in [-0.05, 0) is 31.0 Å². The molecule has 0 fully saturated rings. The molecule has 0 spiro atoms. The Kier molecular flexibility index (Phi) is 3.89. The van der Waals surface area contributed by atoms with E-state index in [1.54, 1.807) is 17.0 Å². The second kappa shape index (κ2) is 6.11. The number of carbonyl (C=O) groups is 2. The number of fused-ring (bicyclic) bond motifs is 2. The molecule has 1 aliphatic heterocycles. The number of ketones is 1. The number of benzene rings is 2. The Morgan fingerprint density at radius 1 is 1.15 bits per heavy atom. The van der Waals surface area contributed by atoms with Crippen LogP contribution in [0.15, 0.2) is 54.7 Å². The highest BCUT2D eigenvalue weighted by molar-refractivity contribution is 6.08. The summed E-state index contributed by atoms with van der Waals surface area (Å²) in [6.07, 6.45) is 2.41. The van der Waals surface area contributed by atoms with Crippen molar-refractivity contribution >= 4 is 28.3 Å². The number of carbonyl (C=O) groups excluding carboxylic acids is 2. The van der Waals surface area contributed by atoms with Crippen LogP contribution in [-0.4, -0.2) is 28.3 Å². The number of anilines is 1. The molecule has 3 aromatic rings. The number of Topliss-reactive ketones (excluding diaryl/α,β-unsaturated/α-hetero) is 1. The van der Waals surface area contributed by atoms with Crippen LogP contribution < -0.4 is 4.90 Å². The molecule has 4 rings (SSSR count). The lowest BCUT2D eigenvalue weighted by Gasteiger charge is -2.22. The molecule has 5 heteroatoms. The van der Waals surface area contributed by atoms with Gasteiger partial charge in [0.15, 0.2) is 5.60 Å². The number of hydrogen-bond donors (Lipinski definition) is 2. The Morgan fingerprint density at radius 3 is 2.69 bits per heavy atom. The predicted molar refractivity (Wildman–Crippen MR) is 100.0 cm³/mol. The molecule has 5 nitrogen and oxygen atoms in total. The van der Waals surface area contributed by atoms with E-state index in [0.29, 0.717) is 24.2 Å². The smallest absolute Gasteiger partial charge is 0.264 e. The van der Waals surface area contributed by atoms with E-state index in [9.17, 15) is 14.7 Å². The van der Waals surface area contributed by atoms with Crippen molar-refractivity contribution in [2.75, 3.05) is 11.4 Å². The zero-order valence-corrected chi connectivity index (χ0v) is 14.5. The molecule has 0 radical (unpaired) electrons. The summed E-state index contributed by atoms with van der Waals surface area (Å²) in [7, 11) is 0. The molecule has 1 aliphatic rings. The molecule has 26 heavy (non-hydrogen) atoms. The van der Waals surface area contributed by atoms with Crippen LogP contribution in [0.3, 0.4) is 0 Å². The first kappa shape index (κ1) is 16.5. The maximum atomic E-state index is 13.0. The lowest BCUT2D eigenvalue weighted by molar-refractivity contribution is -0.141. The van der Waals surface area contributed by atoms with E-state index in [1.807, 2.05) is 42.6 Å². The third kappa shape index (κ3) is 2.52. The van der Waals surface area contributed by atoms with Crippen LogP contribution >= 0.6 is 0 Å². The van der Waals surface area contributed by atoms with Crippen molar-refractivity contribution in [3.63, 3.8) is 0 Å². The third-order valence-corrected chi connectivity index (χ3v) is 5.02. The van der Waals surface area contributed by atoms with Crippen molar-refractivity contribution in [2.24, 2.45) is 0 Å². The normalized spacial score (nSPS) is 19.2. The number of nitrogens with one attached hydrogen (secondary N) is 1. The van der Waals surface area contributed by atoms with Gasteiger partial charge in [0, 0.05) is 35.6 Å². The van der Waals surface area contributed by atoms with E-state index in [0.717, 1.165) is 16.5 Å². The minimum Gasteiger partial charge on any atom is -0.375 e.